The second-order valence-electron chi connectivity index (χ2n) is 13.3. The molecule has 50 heavy (non-hydrogen) atoms. The Balaban J connectivity index is 1.27. The number of aliphatic hydroxyl groups excluding tert-OH is 1. The van der Waals surface area contributed by atoms with E-state index in [2.05, 4.69) is 71.0 Å². The van der Waals surface area contributed by atoms with Crippen LogP contribution in [0.1, 0.15) is 85.3 Å². The fourth-order valence-electron chi connectivity index (χ4n) is 6.38. The van der Waals surface area contributed by atoms with Crippen LogP contribution in [0.15, 0.2) is 109 Å². The van der Waals surface area contributed by atoms with Crippen LogP contribution in [0.5, 0.6) is 0 Å². The SMILES string of the molecule is CC(=O)NCCCCCC(=O)NCc1ccc(C2OC(CN(Cc3ccccc3)Cc3ccccc3)C(C)C(c3ccc(CO)cc3)O2)cc1. The van der Waals surface area contributed by atoms with Crippen molar-refractivity contribution in [3.05, 3.63) is 143 Å². The van der Waals surface area contributed by atoms with Crippen molar-refractivity contribution in [1.29, 1.82) is 0 Å². The molecule has 0 aliphatic carbocycles. The van der Waals surface area contributed by atoms with Crippen LogP contribution in [0.3, 0.4) is 0 Å². The van der Waals surface area contributed by atoms with Gasteiger partial charge in [-0.2, -0.15) is 0 Å². The van der Waals surface area contributed by atoms with Gasteiger partial charge < -0.3 is 25.2 Å². The van der Waals surface area contributed by atoms with Crippen molar-refractivity contribution < 1.29 is 24.2 Å². The number of amides is 2. The third kappa shape index (κ3) is 11.4. The Labute approximate surface area is 296 Å². The maximum Gasteiger partial charge on any atom is 0.220 e. The maximum absolute atomic E-state index is 12.4. The van der Waals surface area contributed by atoms with E-state index in [4.69, 9.17) is 9.47 Å². The Morgan fingerprint density at radius 2 is 1.30 bits per heavy atom. The van der Waals surface area contributed by atoms with Gasteiger partial charge in [0.15, 0.2) is 6.29 Å². The number of hydrogen-bond donors (Lipinski definition) is 3. The minimum atomic E-state index is -0.574. The Morgan fingerprint density at radius 1 is 0.700 bits per heavy atom. The first-order valence-electron chi connectivity index (χ1n) is 17.8. The quantitative estimate of drug-likeness (QED) is 0.104. The highest BCUT2D eigenvalue weighted by molar-refractivity contribution is 5.75. The van der Waals surface area contributed by atoms with E-state index in [1.165, 1.54) is 18.1 Å². The summed E-state index contributed by atoms with van der Waals surface area (Å²) in [5.74, 6) is 0.0533. The van der Waals surface area contributed by atoms with Crippen molar-refractivity contribution in [3.8, 4) is 0 Å². The number of nitrogens with one attached hydrogen (secondary N) is 2. The normalized spacial score (nSPS) is 18.9. The molecule has 8 nitrogen and oxygen atoms in total. The zero-order valence-electron chi connectivity index (χ0n) is 29.3. The topological polar surface area (TPSA) is 100 Å². The molecule has 4 unspecified atom stereocenters. The summed E-state index contributed by atoms with van der Waals surface area (Å²) in [5.41, 5.74) is 6.34. The molecular formula is C42H51N3O5. The molecule has 0 saturated carbocycles. The molecule has 0 aromatic heterocycles. The molecule has 1 heterocycles. The number of nitrogens with zero attached hydrogens (tertiary/aromatic N) is 1. The Morgan fingerprint density at radius 3 is 1.90 bits per heavy atom. The van der Waals surface area contributed by atoms with E-state index >= 15 is 0 Å². The molecule has 1 fully saturated rings. The lowest BCUT2D eigenvalue weighted by Gasteiger charge is -2.43. The lowest BCUT2D eigenvalue weighted by molar-refractivity contribution is -0.276. The third-order valence-corrected chi connectivity index (χ3v) is 9.26. The minimum absolute atomic E-state index is 0.00358. The fourth-order valence-corrected chi connectivity index (χ4v) is 6.38. The molecule has 0 bridgehead atoms. The second-order valence-corrected chi connectivity index (χ2v) is 13.3. The predicted molar refractivity (Wildman–Crippen MR) is 195 cm³/mol. The van der Waals surface area contributed by atoms with Gasteiger partial charge in [-0.1, -0.05) is 123 Å². The van der Waals surface area contributed by atoms with Gasteiger partial charge in [0, 0.05) is 57.5 Å². The predicted octanol–water partition coefficient (Wildman–Crippen LogP) is 6.99. The number of hydrogen-bond acceptors (Lipinski definition) is 6. The third-order valence-electron chi connectivity index (χ3n) is 9.26. The fraction of sp³-hybridized carbons (Fsp3) is 0.381. The number of benzene rings is 4. The smallest absolute Gasteiger partial charge is 0.220 e. The Hall–Kier alpha value is -4.34. The van der Waals surface area contributed by atoms with Gasteiger partial charge in [-0.15, -0.1) is 0 Å². The van der Waals surface area contributed by atoms with Crippen molar-refractivity contribution in [2.45, 2.75) is 84.3 Å². The monoisotopic (exact) mass is 677 g/mol. The highest BCUT2D eigenvalue weighted by Gasteiger charge is 2.39. The average Bonchev–Trinajstić information content (AvgIpc) is 3.14. The molecule has 4 aromatic carbocycles. The zero-order chi connectivity index (χ0) is 35.1. The zero-order valence-corrected chi connectivity index (χ0v) is 29.3. The van der Waals surface area contributed by atoms with E-state index in [0.29, 0.717) is 26.1 Å². The lowest BCUT2D eigenvalue weighted by atomic mass is 9.89. The van der Waals surface area contributed by atoms with Gasteiger partial charge in [0.25, 0.3) is 0 Å². The number of unbranched alkanes of at least 4 members (excludes halogenated alkanes) is 2. The van der Waals surface area contributed by atoms with Crippen molar-refractivity contribution in [2.75, 3.05) is 13.1 Å². The molecule has 4 aromatic rings. The first kappa shape index (κ1) is 36.9. The molecule has 5 rings (SSSR count). The van der Waals surface area contributed by atoms with E-state index in [1.54, 1.807) is 0 Å². The molecule has 264 valence electrons. The van der Waals surface area contributed by atoms with Gasteiger partial charge in [-0.05, 0) is 40.7 Å². The van der Waals surface area contributed by atoms with Crippen molar-refractivity contribution in [2.24, 2.45) is 5.92 Å². The molecule has 8 heteroatoms. The van der Waals surface area contributed by atoms with Gasteiger partial charge >= 0.3 is 0 Å². The highest BCUT2D eigenvalue weighted by Crippen LogP contribution is 2.42. The van der Waals surface area contributed by atoms with Crippen LogP contribution in [-0.2, 0) is 45.3 Å². The molecule has 3 N–H and O–H groups in total. The van der Waals surface area contributed by atoms with Crippen molar-refractivity contribution >= 4 is 11.8 Å². The summed E-state index contributed by atoms with van der Waals surface area (Å²) in [6, 6.07) is 37.2. The standard InChI is InChI=1S/C42H51N3O5/c1-31-39(29-45(27-34-12-6-3-7-13-34)28-35-14-8-4-9-15-35)49-42(50-41(31)37-21-19-36(30-46)20-22-37)38-23-17-33(18-24-38)26-44-40(48)16-10-5-11-25-43-32(2)47/h3-4,6-9,12-15,17-24,31,39,41-42,46H,5,10-11,16,25-30H2,1-2H3,(H,43,47)(H,44,48). The number of carbonyl (C=O) groups excluding carboxylic acids is 2. The molecule has 1 aliphatic rings. The molecule has 1 aliphatic heterocycles. The summed E-state index contributed by atoms with van der Waals surface area (Å²) in [6.07, 6.45) is 2.11. The van der Waals surface area contributed by atoms with Crippen LogP contribution in [0.2, 0.25) is 0 Å². The van der Waals surface area contributed by atoms with E-state index in [-0.39, 0.29) is 36.5 Å². The first-order valence-corrected chi connectivity index (χ1v) is 17.8. The van der Waals surface area contributed by atoms with Crippen LogP contribution in [-0.4, -0.2) is 41.0 Å². The average molecular weight is 678 g/mol. The molecule has 0 radical (unpaired) electrons. The summed E-state index contributed by atoms with van der Waals surface area (Å²) in [7, 11) is 0. The summed E-state index contributed by atoms with van der Waals surface area (Å²) >= 11 is 0. The van der Waals surface area contributed by atoms with Gasteiger partial charge in [-0.3, -0.25) is 14.5 Å². The van der Waals surface area contributed by atoms with Gasteiger partial charge in [0.1, 0.15) is 0 Å². The van der Waals surface area contributed by atoms with Crippen LogP contribution < -0.4 is 10.6 Å². The Kier molecular flexibility index (Phi) is 14.1. The van der Waals surface area contributed by atoms with E-state index in [0.717, 1.165) is 54.6 Å². The van der Waals surface area contributed by atoms with Gasteiger partial charge in [-0.25, -0.2) is 0 Å². The van der Waals surface area contributed by atoms with E-state index < -0.39 is 6.29 Å². The Bertz CT molecular complexity index is 1560. The van der Waals surface area contributed by atoms with Crippen LogP contribution in [0.4, 0.5) is 0 Å². The molecule has 2 amide bonds. The molecule has 4 atom stereocenters. The number of ether oxygens (including phenoxy) is 2. The summed E-state index contributed by atoms with van der Waals surface area (Å²) in [6.45, 7) is 7.10. The van der Waals surface area contributed by atoms with Gasteiger partial charge in [0.2, 0.25) is 11.8 Å². The highest BCUT2D eigenvalue weighted by atomic mass is 16.7. The van der Waals surface area contributed by atoms with Crippen LogP contribution >= 0.6 is 0 Å². The van der Waals surface area contributed by atoms with E-state index in [1.807, 2.05) is 60.7 Å². The summed E-state index contributed by atoms with van der Waals surface area (Å²) < 4.78 is 13.5. The number of carbonyl (C=O) groups is 2. The van der Waals surface area contributed by atoms with E-state index in [9.17, 15) is 14.7 Å². The molecular weight excluding hydrogens is 626 g/mol. The first-order chi connectivity index (χ1) is 24.4. The molecule has 1 saturated heterocycles. The lowest BCUT2D eigenvalue weighted by Crippen LogP contribution is -2.44. The number of rotatable bonds is 17. The van der Waals surface area contributed by atoms with Gasteiger partial charge in [0.05, 0.1) is 18.8 Å². The van der Waals surface area contributed by atoms with Crippen molar-refractivity contribution in [1.82, 2.24) is 15.5 Å². The molecule has 0 spiro atoms. The second kappa shape index (κ2) is 19.2. The van der Waals surface area contributed by atoms with Crippen LogP contribution in [0, 0.1) is 5.92 Å². The maximum atomic E-state index is 12.4. The minimum Gasteiger partial charge on any atom is -0.392 e. The summed E-state index contributed by atoms with van der Waals surface area (Å²) in [5, 5.41) is 15.5. The van der Waals surface area contributed by atoms with Crippen molar-refractivity contribution in [3.63, 3.8) is 0 Å². The summed E-state index contributed by atoms with van der Waals surface area (Å²) in [4.78, 5) is 25.9. The largest absolute Gasteiger partial charge is 0.392 e. The number of aliphatic hydroxyl groups is 1. The van der Waals surface area contributed by atoms with Crippen LogP contribution in [0.25, 0.3) is 0 Å².